The molecule has 2 aromatic heterocycles. The van der Waals surface area contributed by atoms with Crippen LogP contribution in [0.1, 0.15) is 46.7 Å². The van der Waals surface area contributed by atoms with Gasteiger partial charge in [0.15, 0.2) is 0 Å². The quantitative estimate of drug-likeness (QED) is 0.680. The third kappa shape index (κ3) is 3.64. The highest BCUT2D eigenvalue weighted by atomic mass is 32.1. The number of carbonyl (C=O) groups is 1. The van der Waals surface area contributed by atoms with Crippen molar-refractivity contribution in [2.45, 2.75) is 31.6 Å². The van der Waals surface area contributed by atoms with E-state index in [9.17, 15) is 9.18 Å². The number of rotatable bonds is 4. The lowest BCUT2D eigenvalue weighted by molar-refractivity contribution is 0.0630. The van der Waals surface area contributed by atoms with E-state index < -0.39 is 0 Å². The topological polar surface area (TPSA) is 59.2 Å². The third-order valence-electron chi connectivity index (χ3n) is 5.02. The minimum Gasteiger partial charge on any atom is -0.445 e. The number of hydrogen-bond donors (Lipinski definition) is 0. The van der Waals surface area contributed by atoms with Gasteiger partial charge in [0.2, 0.25) is 5.89 Å². The first-order chi connectivity index (χ1) is 13.0. The maximum atomic E-state index is 13.9. The third-order valence-corrected chi connectivity index (χ3v) is 5.78. The van der Waals surface area contributed by atoms with Crippen molar-refractivity contribution in [1.29, 1.82) is 0 Å². The highest BCUT2D eigenvalue weighted by Crippen LogP contribution is 2.34. The molecule has 1 aliphatic rings. The van der Waals surface area contributed by atoms with Crippen LogP contribution >= 0.6 is 11.3 Å². The number of thiazole rings is 1. The SMILES string of the molecule is C[C@@]1(c2ncc(Cc3ccccc3F)o2)CCCN(C(=O)c2cncs2)C1. The van der Waals surface area contributed by atoms with E-state index in [4.69, 9.17) is 4.42 Å². The van der Waals surface area contributed by atoms with E-state index >= 15 is 0 Å². The van der Waals surface area contributed by atoms with Crippen molar-refractivity contribution in [2.75, 3.05) is 13.1 Å². The van der Waals surface area contributed by atoms with Crippen LogP contribution in [0.4, 0.5) is 4.39 Å². The standard InChI is InChI=1S/C20H20FN3O2S/c1-20(7-4-8-24(12-20)18(25)17-11-22-13-27-17)19-23-10-15(26-19)9-14-5-2-3-6-16(14)21/h2-3,5-6,10-11,13H,4,7-9,12H2,1H3/t20-/m1/s1. The molecule has 1 amide bonds. The van der Waals surface area contributed by atoms with Gasteiger partial charge in [0.1, 0.15) is 16.5 Å². The molecule has 0 aliphatic carbocycles. The molecular weight excluding hydrogens is 365 g/mol. The van der Waals surface area contributed by atoms with Crippen molar-refractivity contribution >= 4 is 17.2 Å². The summed E-state index contributed by atoms with van der Waals surface area (Å²) < 4.78 is 19.9. The van der Waals surface area contributed by atoms with Crippen LogP contribution in [0.3, 0.4) is 0 Å². The van der Waals surface area contributed by atoms with Crippen molar-refractivity contribution in [3.05, 3.63) is 70.1 Å². The van der Waals surface area contributed by atoms with Crippen LogP contribution in [0.25, 0.3) is 0 Å². The van der Waals surface area contributed by atoms with Crippen molar-refractivity contribution in [3.8, 4) is 0 Å². The number of aromatic nitrogens is 2. The van der Waals surface area contributed by atoms with Gasteiger partial charge in [-0.05, 0) is 31.4 Å². The van der Waals surface area contributed by atoms with Gasteiger partial charge in [-0.25, -0.2) is 9.37 Å². The summed E-state index contributed by atoms with van der Waals surface area (Å²) in [5.74, 6) is 0.986. The Kier molecular flexibility index (Phi) is 4.78. The molecule has 140 valence electrons. The minimum atomic E-state index is -0.355. The second-order valence-electron chi connectivity index (χ2n) is 7.16. The summed E-state index contributed by atoms with van der Waals surface area (Å²) in [6.07, 6.45) is 5.40. The van der Waals surface area contributed by atoms with E-state index in [2.05, 4.69) is 16.9 Å². The number of likely N-dealkylation sites (tertiary alicyclic amines) is 1. The van der Waals surface area contributed by atoms with E-state index in [0.29, 0.717) is 35.1 Å². The number of hydrogen-bond acceptors (Lipinski definition) is 5. The van der Waals surface area contributed by atoms with Gasteiger partial charge in [-0.1, -0.05) is 18.2 Å². The molecule has 0 N–H and O–H groups in total. The molecule has 1 aliphatic heterocycles. The highest BCUT2D eigenvalue weighted by molar-refractivity contribution is 7.11. The average Bonchev–Trinajstić information content (AvgIpc) is 3.35. The molecule has 5 nitrogen and oxygen atoms in total. The lowest BCUT2D eigenvalue weighted by atomic mass is 9.81. The van der Waals surface area contributed by atoms with Gasteiger partial charge in [0.05, 0.1) is 23.3 Å². The van der Waals surface area contributed by atoms with E-state index in [1.54, 1.807) is 36.1 Å². The fraction of sp³-hybridized carbons (Fsp3) is 0.350. The second kappa shape index (κ2) is 7.23. The number of carbonyl (C=O) groups excluding carboxylic acids is 1. The van der Waals surface area contributed by atoms with Crippen LogP contribution in [0.2, 0.25) is 0 Å². The fourth-order valence-electron chi connectivity index (χ4n) is 3.56. The summed E-state index contributed by atoms with van der Waals surface area (Å²) >= 11 is 1.35. The largest absolute Gasteiger partial charge is 0.445 e. The number of oxazole rings is 1. The molecule has 0 bridgehead atoms. The van der Waals surface area contributed by atoms with Gasteiger partial charge in [-0.3, -0.25) is 9.78 Å². The zero-order valence-corrected chi connectivity index (χ0v) is 15.8. The molecule has 1 fully saturated rings. The first kappa shape index (κ1) is 17.9. The fourth-order valence-corrected chi connectivity index (χ4v) is 4.15. The van der Waals surface area contributed by atoms with Crippen molar-refractivity contribution in [2.24, 2.45) is 0 Å². The van der Waals surface area contributed by atoms with Gasteiger partial charge in [0.25, 0.3) is 5.91 Å². The van der Waals surface area contributed by atoms with E-state index in [1.165, 1.54) is 17.4 Å². The highest BCUT2D eigenvalue weighted by Gasteiger charge is 2.39. The van der Waals surface area contributed by atoms with Crippen LogP contribution in [0, 0.1) is 5.82 Å². The van der Waals surface area contributed by atoms with Gasteiger partial charge < -0.3 is 9.32 Å². The van der Waals surface area contributed by atoms with Gasteiger partial charge in [0, 0.05) is 19.5 Å². The molecule has 1 saturated heterocycles. The van der Waals surface area contributed by atoms with Gasteiger partial charge in [-0.2, -0.15) is 0 Å². The molecule has 4 rings (SSSR count). The number of amides is 1. The number of piperidine rings is 1. The zero-order chi connectivity index (χ0) is 18.9. The monoisotopic (exact) mass is 385 g/mol. The van der Waals surface area contributed by atoms with Crippen molar-refractivity contribution in [3.63, 3.8) is 0 Å². The Morgan fingerprint density at radius 2 is 2.22 bits per heavy atom. The molecular formula is C20H20FN3O2S. The summed E-state index contributed by atoms with van der Waals surface area (Å²) in [6, 6.07) is 6.66. The lowest BCUT2D eigenvalue weighted by Gasteiger charge is -2.38. The van der Waals surface area contributed by atoms with Crippen molar-refractivity contribution in [1.82, 2.24) is 14.9 Å². The van der Waals surface area contributed by atoms with Crippen LogP contribution < -0.4 is 0 Å². The van der Waals surface area contributed by atoms with Crippen LogP contribution in [0.5, 0.6) is 0 Å². The van der Waals surface area contributed by atoms with Crippen molar-refractivity contribution < 1.29 is 13.6 Å². The molecule has 1 aromatic carbocycles. The molecule has 3 heterocycles. The minimum absolute atomic E-state index is 0.00145. The van der Waals surface area contributed by atoms with Gasteiger partial charge in [-0.15, -0.1) is 11.3 Å². The zero-order valence-electron chi connectivity index (χ0n) is 15.0. The molecule has 0 spiro atoms. The maximum Gasteiger partial charge on any atom is 0.265 e. The van der Waals surface area contributed by atoms with Gasteiger partial charge >= 0.3 is 0 Å². The number of nitrogens with zero attached hydrogens (tertiary/aromatic N) is 3. The molecule has 7 heteroatoms. The first-order valence-corrected chi connectivity index (χ1v) is 9.79. The Morgan fingerprint density at radius 3 is 3.00 bits per heavy atom. The second-order valence-corrected chi connectivity index (χ2v) is 8.04. The Hall–Kier alpha value is -2.54. The van der Waals surface area contributed by atoms with E-state index in [-0.39, 0.29) is 17.1 Å². The van der Waals surface area contributed by atoms with E-state index in [1.807, 2.05) is 4.90 Å². The lowest BCUT2D eigenvalue weighted by Crippen LogP contribution is -2.47. The Balaban J connectivity index is 1.51. The Labute approximate surface area is 160 Å². The Morgan fingerprint density at radius 1 is 1.37 bits per heavy atom. The van der Waals surface area contributed by atoms with E-state index in [0.717, 1.165) is 19.4 Å². The van der Waals surface area contributed by atoms with Crippen LogP contribution in [0.15, 0.2) is 46.6 Å². The molecule has 27 heavy (non-hydrogen) atoms. The van der Waals surface area contributed by atoms with Crippen LogP contribution in [-0.2, 0) is 11.8 Å². The predicted molar refractivity (Wildman–Crippen MR) is 100 cm³/mol. The normalized spacial score (nSPS) is 20.0. The predicted octanol–water partition coefficient (Wildman–Crippen LogP) is 4.05. The molecule has 0 radical (unpaired) electrons. The maximum absolute atomic E-state index is 13.9. The number of benzene rings is 1. The molecule has 1 atom stereocenters. The summed E-state index contributed by atoms with van der Waals surface area (Å²) in [6.45, 7) is 3.33. The summed E-state index contributed by atoms with van der Waals surface area (Å²) in [5, 5.41) is 0. The number of halogens is 1. The molecule has 0 unspecified atom stereocenters. The summed E-state index contributed by atoms with van der Waals surface area (Å²) in [7, 11) is 0. The summed E-state index contributed by atoms with van der Waals surface area (Å²) in [5.41, 5.74) is 1.89. The smallest absolute Gasteiger partial charge is 0.265 e. The Bertz CT molecular complexity index is 940. The average molecular weight is 385 g/mol. The van der Waals surface area contributed by atoms with Crippen LogP contribution in [-0.4, -0.2) is 33.9 Å². The molecule has 3 aromatic rings. The first-order valence-electron chi connectivity index (χ1n) is 8.91. The summed E-state index contributed by atoms with van der Waals surface area (Å²) in [4.78, 5) is 23.6. The molecule has 0 saturated carbocycles.